The molecule has 0 atom stereocenters. The van der Waals surface area contributed by atoms with E-state index in [9.17, 15) is 4.39 Å². The lowest BCUT2D eigenvalue weighted by molar-refractivity contribution is 0.275. The molecule has 2 heterocycles. The molecule has 0 unspecified atom stereocenters. The minimum atomic E-state index is -0.435. The number of aryl methyl sites for hydroxylation is 1. The number of aromatic nitrogens is 6. The summed E-state index contributed by atoms with van der Waals surface area (Å²) in [6, 6.07) is 14.2. The van der Waals surface area contributed by atoms with Gasteiger partial charge in [-0.1, -0.05) is 55.1 Å². The van der Waals surface area contributed by atoms with Gasteiger partial charge in [0.05, 0.1) is 5.75 Å². The first-order chi connectivity index (χ1) is 17.1. The molecule has 0 aliphatic rings. The Balaban J connectivity index is 1.47. The van der Waals surface area contributed by atoms with E-state index in [1.54, 1.807) is 24.3 Å². The van der Waals surface area contributed by atoms with Crippen molar-refractivity contribution < 1.29 is 9.13 Å². The van der Waals surface area contributed by atoms with Gasteiger partial charge in [0.1, 0.15) is 12.4 Å². The van der Waals surface area contributed by atoms with Crippen LogP contribution in [0.15, 0.2) is 66.3 Å². The van der Waals surface area contributed by atoms with Gasteiger partial charge in [0, 0.05) is 12.2 Å². The Bertz CT molecular complexity index is 1310. The third kappa shape index (κ3) is 6.12. The normalized spacial score (nSPS) is 10.8. The van der Waals surface area contributed by atoms with Crippen molar-refractivity contribution in [3.05, 3.63) is 84.2 Å². The number of nitrogen functional groups attached to an aromatic ring is 1. The first-order valence-corrected chi connectivity index (χ1v) is 11.9. The molecule has 0 saturated carbocycles. The molecule has 0 amide bonds. The number of rotatable bonds is 11. The Kier molecular flexibility index (Phi) is 7.88. The van der Waals surface area contributed by atoms with Gasteiger partial charge in [0.15, 0.2) is 22.5 Å². The van der Waals surface area contributed by atoms with Gasteiger partial charge in [-0.2, -0.15) is 15.0 Å². The Labute approximate surface area is 206 Å². The zero-order valence-corrected chi connectivity index (χ0v) is 20.0. The number of thioether (sulfide) groups is 1. The number of hydrogen-bond acceptors (Lipinski definition) is 9. The minimum absolute atomic E-state index is 0.0615. The highest BCUT2D eigenvalue weighted by Gasteiger charge is 2.15. The van der Waals surface area contributed by atoms with Crippen LogP contribution in [-0.4, -0.2) is 29.7 Å². The molecule has 0 saturated heterocycles. The average Bonchev–Trinajstić information content (AvgIpc) is 3.24. The van der Waals surface area contributed by atoms with E-state index < -0.39 is 5.82 Å². The van der Waals surface area contributed by atoms with Gasteiger partial charge < -0.3 is 15.8 Å². The highest BCUT2D eigenvalue weighted by molar-refractivity contribution is 7.98. The van der Waals surface area contributed by atoms with E-state index in [0.29, 0.717) is 35.1 Å². The summed E-state index contributed by atoms with van der Waals surface area (Å²) in [4.78, 5) is 13.0. The molecule has 4 rings (SSSR count). The number of ether oxygens (including phenoxy) is 1. The van der Waals surface area contributed by atoms with Gasteiger partial charge in [-0.3, -0.25) is 4.57 Å². The number of allylic oxidation sites excluding steroid dienone is 1. The monoisotopic (exact) mass is 492 g/mol. The molecule has 3 N–H and O–H groups in total. The third-order valence-electron chi connectivity index (χ3n) is 4.97. The zero-order valence-electron chi connectivity index (χ0n) is 19.2. The summed E-state index contributed by atoms with van der Waals surface area (Å²) in [6.45, 7) is 6.41. The van der Waals surface area contributed by atoms with Gasteiger partial charge in [0.25, 0.3) is 0 Å². The molecule has 35 heavy (non-hydrogen) atoms. The summed E-state index contributed by atoms with van der Waals surface area (Å²) in [5.74, 6) is 1.65. The second-order valence-electron chi connectivity index (χ2n) is 7.37. The van der Waals surface area contributed by atoms with Gasteiger partial charge in [-0.05, 0) is 30.2 Å². The van der Waals surface area contributed by atoms with Crippen LogP contribution in [0, 0.1) is 5.82 Å². The summed E-state index contributed by atoms with van der Waals surface area (Å²) in [5, 5.41) is 12.3. The molecule has 0 spiro atoms. The zero-order chi connectivity index (χ0) is 24.6. The molecule has 9 nitrogen and oxygen atoms in total. The average molecular weight is 493 g/mol. The number of anilines is 3. The fraction of sp³-hybridized carbons (Fsp3) is 0.208. The maximum atomic E-state index is 13.9. The fourth-order valence-electron chi connectivity index (χ4n) is 3.31. The molecule has 0 radical (unpaired) electrons. The molecule has 2 aromatic carbocycles. The number of benzene rings is 2. The molecular formula is C24H25FN8OS. The van der Waals surface area contributed by atoms with Crippen molar-refractivity contribution in [1.29, 1.82) is 0 Å². The van der Waals surface area contributed by atoms with E-state index in [2.05, 4.69) is 44.0 Å². The maximum Gasteiger partial charge on any atom is 0.232 e. The predicted octanol–water partition coefficient (Wildman–Crippen LogP) is 4.55. The SMILES string of the molecule is C=CCn1c(COc2ccccc2F)nnc1SCc1nc(N)nc(Nc2ccccc2CC)n1. The Morgan fingerprint density at radius 2 is 1.91 bits per heavy atom. The highest BCUT2D eigenvalue weighted by atomic mass is 32.2. The van der Waals surface area contributed by atoms with Crippen molar-refractivity contribution in [2.75, 3.05) is 11.1 Å². The number of nitrogens with one attached hydrogen (secondary N) is 1. The van der Waals surface area contributed by atoms with Crippen LogP contribution in [0.25, 0.3) is 0 Å². The van der Waals surface area contributed by atoms with E-state index in [0.717, 1.165) is 17.7 Å². The predicted molar refractivity (Wildman–Crippen MR) is 134 cm³/mol. The van der Waals surface area contributed by atoms with E-state index in [1.165, 1.54) is 17.8 Å². The molecule has 0 bridgehead atoms. The van der Waals surface area contributed by atoms with Crippen LogP contribution < -0.4 is 15.8 Å². The van der Waals surface area contributed by atoms with Gasteiger partial charge in [-0.15, -0.1) is 16.8 Å². The van der Waals surface area contributed by atoms with Crippen LogP contribution in [0.1, 0.15) is 24.1 Å². The van der Waals surface area contributed by atoms with Crippen LogP contribution in [0.2, 0.25) is 0 Å². The van der Waals surface area contributed by atoms with Crippen LogP contribution in [0.5, 0.6) is 5.75 Å². The largest absolute Gasteiger partial charge is 0.483 e. The van der Waals surface area contributed by atoms with Crippen LogP contribution >= 0.6 is 11.8 Å². The van der Waals surface area contributed by atoms with Crippen molar-refractivity contribution in [1.82, 2.24) is 29.7 Å². The lowest BCUT2D eigenvalue weighted by Crippen LogP contribution is -2.09. The molecule has 2 aromatic heterocycles. The minimum Gasteiger partial charge on any atom is -0.483 e. The summed E-state index contributed by atoms with van der Waals surface area (Å²) in [6.07, 6.45) is 2.60. The lowest BCUT2D eigenvalue weighted by atomic mass is 10.1. The Hall–Kier alpha value is -3.99. The Morgan fingerprint density at radius 3 is 2.71 bits per heavy atom. The number of nitrogens with zero attached hydrogens (tertiary/aromatic N) is 6. The molecule has 4 aromatic rings. The summed E-state index contributed by atoms with van der Waals surface area (Å²) >= 11 is 1.39. The number of para-hydroxylation sites is 2. The smallest absolute Gasteiger partial charge is 0.232 e. The Morgan fingerprint density at radius 1 is 1.11 bits per heavy atom. The van der Waals surface area contributed by atoms with Crippen molar-refractivity contribution in [3.63, 3.8) is 0 Å². The quantitative estimate of drug-likeness (QED) is 0.230. The molecule has 11 heteroatoms. The van der Waals surface area contributed by atoms with E-state index in [4.69, 9.17) is 10.5 Å². The number of nitrogens with two attached hydrogens (primary N) is 1. The van der Waals surface area contributed by atoms with Crippen molar-refractivity contribution in [3.8, 4) is 5.75 Å². The van der Waals surface area contributed by atoms with Gasteiger partial charge >= 0.3 is 0 Å². The van der Waals surface area contributed by atoms with Crippen molar-refractivity contribution in [2.45, 2.75) is 37.4 Å². The van der Waals surface area contributed by atoms with Crippen molar-refractivity contribution in [2.24, 2.45) is 0 Å². The highest BCUT2D eigenvalue weighted by Crippen LogP contribution is 2.24. The number of hydrogen-bond donors (Lipinski definition) is 2. The second-order valence-corrected chi connectivity index (χ2v) is 8.32. The van der Waals surface area contributed by atoms with Crippen molar-refractivity contribution >= 4 is 29.3 Å². The molecule has 0 aliphatic heterocycles. The van der Waals surface area contributed by atoms with Crippen LogP contribution in [0.4, 0.5) is 22.0 Å². The third-order valence-corrected chi connectivity index (χ3v) is 5.94. The summed E-state index contributed by atoms with van der Waals surface area (Å²) in [5.41, 5.74) is 8.00. The first-order valence-electron chi connectivity index (χ1n) is 11.0. The lowest BCUT2D eigenvalue weighted by Gasteiger charge is -2.11. The van der Waals surface area contributed by atoms with Crippen LogP contribution in [-0.2, 0) is 25.3 Å². The summed E-state index contributed by atoms with van der Waals surface area (Å²) < 4.78 is 21.3. The fourth-order valence-corrected chi connectivity index (χ4v) is 4.13. The molecular weight excluding hydrogens is 467 g/mol. The molecule has 180 valence electrons. The number of halogens is 1. The second kappa shape index (κ2) is 11.4. The molecule has 0 aliphatic carbocycles. The first kappa shape index (κ1) is 24.1. The van der Waals surface area contributed by atoms with E-state index in [-0.39, 0.29) is 18.3 Å². The topological polar surface area (TPSA) is 117 Å². The maximum absolute atomic E-state index is 13.9. The van der Waals surface area contributed by atoms with E-state index in [1.807, 2.05) is 28.8 Å². The summed E-state index contributed by atoms with van der Waals surface area (Å²) in [7, 11) is 0. The van der Waals surface area contributed by atoms with Crippen LogP contribution in [0.3, 0.4) is 0 Å². The van der Waals surface area contributed by atoms with E-state index >= 15 is 0 Å². The van der Waals surface area contributed by atoms with Gasteiger partial charge in [0.2, 0.25) is 11.9 Å². The standard InChI is InChI=1S/C24H25FN8OS/c1-3-13-33-21(14-34-19-12-8-6-10-17(19)25)31-32-24(33)35-15-20-28-22(26)30-23(29-20)27-18-11-7-5-9-16(18)4-2/h3,5-12H,1,4,13-15H2,2H3,(H3,26,27,28,29,30). The molecule has 0 fully saturated rings. The van der Waals surface area contributed by atoms with Gasteiger partial charge in [-0.25, -0.2) is 4.39 Å².